The van der Waals surface area contributed by atoms with Crippen molar-refractivity contribution in [3.8, 4) is 0 Å². The molecule has 0 saturated carbocycles. The van der Waals surface area contributed by atoms with Crippen molar-refractivity contribution in [1.29, 1.82) is 0 Å². The molecule has 0 aliphatic rings. The summed E-state index contributed by atoms with van der Waals surface area (Å²) in [5.74, 6) is 0. The van der Waals surface area contributed by atoms with Gasteiger partial charge in [-0.15, -0.1) is 11.3 Å². The summed E-state index contributed by atoms with van der Waals surface area (Å²) >= 11 is 3.61. The average Bonchev–Trinajstić information content (AvgIpc) is 2.53. The van der Waals surface area contributed by atoms with Crippen LogP contribution in [0.15, 0.2) is 45.8 Å². The first-order valence-electron chi connectivity index (χ1n) is 3.99. The van der Waals surface area contributed by atoms with Gasteiger partial charge in [-0.3, -0.25) is 4.98 Å². The minimum absolute atomic E-state index is 1.25. The summed E-state index contributed by atoms with van der Waals surface area (Å²) in [7, 11) is 0. The predicted molar refractivity (Wildman–Crippen MR) is 57.4 cm³/mol. The first-order valence-corrected chi connectivity index (χ1v) is 5.62. The maximum Gasteiger partial charge on any atom is 0.0649 e. The van der Waals surface area contributed by atoms with E-state index in [1.54, 1.807) is 11.8 Å². The maximum atomic E-state index is 3.98. The van der Waals surface area contributed by atoms with Crippen molar-refractivity contribution in [3.63, 3.8) is 0 Å². The highest BCUT2D eigenvalue weighted by molar-refractivity contribution is 8.01. The number of aryl methyl sites for hydroxylation is 1. The minimum atomic E-state index is 1.25. The van der Waals surface area contributed by atoms with E-state index in [4.69, 9.17) is 0 Å². The smallest absolute Gasteiger partial charge is 0.0649 e. The van der Waals surface area contributed by atoms with Crippen LogP contribution in [0, 0.1) is 6.92 Å². The molecule has 0 aliphatic heterocycles. The zero-order chi connectivity index (χ0) is 9.10. The summed E-state index contributed by atoms with van der Waals surface area (Å²) in [5, 5.41) is 0. The van der Waals surface area contributed by atoms with Gasteiger partial charge in [-0.1, -0.05) is 11.8 Å². The Morgan fingerprint density at radius 3 is 2.54 bits per heavy atom. The molecule has 0 amide bonds. The molecule has 2 heterocycles. The van der Waals surface area contributed by atoms with E-state index < -0.39 is 0 Å². The van der Waals surface area contributed by atoms with Gasteiger partial charge in [-0.2, -0.15) is 0 Å². The molecule has 1 nitrogen and oxygen atoms in total. The second-order valence-corrected chi connectivity index (χ2v) is 5.31. The van der Waals surface area contributed by atoms with Gasteiger partial charge in [0.15, 0.2) is 0 Å². The fourth-order valence-electron chi connectivity index (χ4n) is 0.989. The molecule has 0 bridgehead atoms. The van der Waals surface area contributed by atoms with Crippen LogP contribution in [-0.4, -0.2) is 4.98 Å². The molecular weight excluding hydrogens is 198 g/mol. The Kier molecular flexibility index (Phi) is 2.66. The second kappa shape index (κ2) is 3.94. The molecule has 0 radical (unpaired) electrons. The van der Waals surface area contributed by atoms with Crippen molar-refractivity contribution in [3.05, 3.63) is 41.5 Å². The van der Waals surface area contributed by atoms with E-state index in [0.29, 0.717) is 0 Å². The summed E-state index contributed by atoms with van der Waals surface area (Å²) < 4.78 is 1.34. The lowest BCUT2D eigenvalue weighted by molar-refractivity contribution is 1.26. The first kappa shape index (κ1) is 8.78. The largest absolute Gasteiger partial charge is 0.265 e. The zero-order valence-corrected chi connectivity index (χ0v) is 8.86. The molecule has 0 fully saturated rings. The number of hydrogen-bond donors (Lipinski definition) is 0. The Morgan fingerprint density at radius 2 is 1.92 bits per heavy atom. The highest BCUT2D eigenvalue weighted by Gasteiger charge is 1.98. The van der Waals surface area contributed by atoms with Crippen LogP contribution in [0.25, 0.3) is 0 Å². The van der Waals surface area contributed by atoms with Crippen LogP contribution >= 0.6 is 23.1 Å². The molecule has 0 saturated heterocycles. The van der Waals surface area contributed by atoms with Gasteiger partial charge >= 0.3 is 0 Å². The van der Waals surface area contributed by atoms with Crippen molar-refractivity contribution >= 4 is 23.1 Å². The topological polar surface area (TPSA) is 12.9 Å². The molecular formula is C10H9NS2. The van der Waals surface area contributed by atoms with E-state index in [-0.39, 0.29) is 0 Å². The van der Waals surface area contributed by atoms with Gasteiger partial charge in [0.2, 0.25) is 0 Å². The van der Waals surface area contributed by atoms with E-state index in [0.717, 1.165) is 0 Å². The first-order chi connectivity index (χ1) is 6.34. The highest BCUT2D eigenvalue weighted by Crippen LogP contribution is 2.32. The quantitative estimate of drug-likeness (QED) is 0.746. The summed E-state index contributed by atoms with van der Waals surface area (Å²) in [4.78, 5) is 6.59. The number of hydrogen-bond acceptors (Lipinski definition) is 3. The van der Waals surface area contributed by atoms with Gasteiger partial charge in [0, 0.05) is 22.2 Å². The van der Waals surface area contributed by atoms with Gasteiger partial charge in [-0.05, 0) is 31.2 Å². The number of rotatable bonds is 2. The van der Waals surface area contributed by atoms with Gasteiger partial charge in [0.1, 0.15) is 0 Å². The van der Waals surface area contributed by atoms with Gasteiger partial charge in [0.05, 0.1) is 4.21 Å². The molecule has 0 aliphatic carbocycles. The second-order valence-electron chi connectivity index (χ2n) is 2.65. The summed E-state index contributed by atoms with van der Waals surface area (Å²) in [6.07, 6.45) is 3.64. The molecule has 0 spiro atoms. The average molecular weight is 207 g/mol. The fraction of sp³-hybridized carbons (Fsp3) is 0.100. The van der Waals surface area contributed by atoms with Gasteiger partial charge in [-0.25, -0.2) is 0 Å². The van der Waals surface area contributed by atoms with Crippen LogP contribution in [0.2, 0.25) is 0 Å². The molecule has 66 valence electrons. The van der Waals surface area contributed by atoms with Crippen LogP contribution in [0.5, 0.6) is 0 Å². The molecule has 13 heavy (non-hydrogen) atoms. The van der Waals surface area contributed by atoms with Crippen LogP contribution < -0.4 is 0 Å². The molecule has 2 rings (SSSR count). The molecule has 2 aromatic heterocycles. The maximum absolute atomic E-state index is 3.98. The molecule has 0 N–H and O–H groups in total. The van der Waals surface area contributed by atoms with Crippen LogP contribution in [0.3, 0.4) is 0 Å². The van der Waals surface area contributed by atoms with E-state index in [1.165, 1.54) is 14.0 Å². The standard InChI is InChI=1S/C10H9NS2/c1-8-2-3-10(12-8)13-9-4-6-11-7-5-9/h2-7H,1H3. The molecule has 3 heteroatoms. The minimum Gasteiger partial charge on any atom is -0.265 e. The Hall–Kier alpha value is -0.800. The van der Waals surface area contributed by atoms with E-state index in [9.17, 15) is 0 Å². The van der Waals surface area contributed by atoms with Crippen molar-refractivity contribution < 1.29 is 0 Å². The van der Waals surface area contributed by atoms with E-state index >= 15 is 0 Å². The van der Waals surface area contributed by atoms with E-state index in [2.05, 4.69) is 24.0 Å². The summed E-state index contributed by atoms with van der Waals surface area (Å²) in [5.41, 5.74) is 0. The lowest BCUT2D eigenvalue weighted by Crippen LogP contribution is -1.70. The third kappa shape index (κ3) is 2.32. The van der Waals surface area contributed by atoms with Crippen LogP contribution in [0.4, 0.5) is 0 Å². The lowest BCUT2D eigenvalue weighted by atomic mass is 10.5. The number of aromatic nitrogens is 1. The number of thiophene rings is 1. The molecule has 0 unspecified atom stereocenters. The van der Waals surface area contributed by atoms with Gasteiger partial charge in [0.25, 0.3) is 0 Å². The van der Waals surface area contributed by atoms with Crippen LogP contribution in [0.1, 0.15) is 4.88 Å². The highest BCUT2D eigenvalue weighted by atomic mass is 32.2. The Labute approximate surface area is 85.8 Å². The number of nitrogens with zero attached hydrogens (tertiary/aromatic N) is 1. The summed E-state index contributed by atoms with van der Waals surface area (Å²) in [6.45, 7) is 2.13. The third-order valence-electron chi connectivity index (χ3n) is 1.58. The SMILES string of the molecule is Cc1ccc(Sc2ccncc2)s1. The lowest BCUT2D eigenvalue weighted by Gasteiger charge is -1.95. The monoisotopic (exact) mass is 207 g/mol. The van der Waals surface area contributed by atoms with Crippen molar-refractivity contribution in [2.45, 2.75) is 16.0 Å². The van der Waals surface area contributed by atoms with Gasteiger partial charge < -0.3 is 0 Å². The fourth-order valence-corrected chi connectivity index (χ4v) is 3.05. The Balaban J connectivity index is 2.15. The van der Waals surface area contributed by atoms with Crippen molar-refractivity contribution in [2.75, 3.05) is 0 Å². The molecule has 0 aromatic carbocycles. The molecule has 0 atom stereocenters. The number of pyridine rings is 1. The van der Waals surface area contributed by atoms with Crippen LogP contribution in [-0.2, 0) is 0 Å². The predicted octanol–water partition coefficient (Wildman–Crippen LogP) is 3.60. The third-order valence-corrected chi connectivity index (χ3v) is 3.72. The molecule has 2 aromatic rings. The van der Waals surface area contributed by atoms with Crippen molar-refractivity contribution in [2.24, 2.45) is 0 Å². The van der Waals surface area contributed by atoms with E-state index in [1.807, 2.05) is 35.9 Å². The summed E-state index contributed by atoms with van der Waals surface area (Å²) in [6, 6.07) is 8.36. The Morgan fingerprint density at radius 1 is 1.15 bits per heavy atom. The zero-order valence-electron chi connectivity index (χ0n) is 7.23. The Bertz CT molecular complexity index is 381. The van der Waals surface area contributed by atoms with Crippen molar-refractivity contribution in [1.82, 2.24) is 4.98 Å². The normalized spacial score (nSPS) is 10.2.